The molecule has 2 aromatic carbocycles. The quantitative estimate of drug-likeness (QED) is 0.0193. The summed E-state index contributed by atoms with van der Waals surface area (Å²) in [6, 6.07) is 14.5. The second kappa shape index (κ2) is 26.1. The molecule has 4 aliphatic rings. The summed E-state index contributed by atoms with van der Waals surface area (Å²) in [4.78, 5) is 98.1. The van der Waals surface area contributed by atoms with Crippen LogP contribution in [0.3, 0.4) is 0 Å². The van der Waals surface area contributed by atoms with Crippen LogP contribution in [0.1, 0.15) is 75.7 Å². The van der Waals surface area contributed by atoms with Crippen LogP contribution in [0.4, 0.5) is 5.13 Å². The van der Waals surface area contributed by atoms with Crippen molar-refractivity contribution >= 4 is 113 Å². The maximum atomic E-state index is 13.1. The summed E-state index contributed by atoms with van der Waals surface area (Å²) >= 11 is 8.82. The summed E-state index contributed by atoms with van der Waals surface area (Å²) in [5.41, 5.74) is 5.65. The molecule has 6 N–H and O–H groups in total. The number of halogens is 1. The summed E-state index contributed by atoms with van der Waals surface area (Å²) in [5, 5.41) is 14.7. The molecule has 4 amide bonds. The first kappa shape index (κ1) is 60.1. The Balaban J connectivity index is 0.000000208. The maximum absolute atomic E-state index is 13.1. The molecule has 0 aliphatic heterocycles. The van der Waals surface area contributed by atoms with Gasteiger partial charge < -0.3 is 55.4 Å². The van der Waals surface area contributed by atoms with Crippen molar-refractivity contribution in [1.82, 2.24) is 30.9 Å². The molecule has 24 heteroatoms. The highest BCUT2D eigenvalue weighted by Gasteiger charge is 2.62. The molecule has 0 radical (unpaired) electrons. The Morgan fingerprint density at radius 3 is 1.62 bits per heavy atom. The molecule has 4 aliphatic carbocycles. The van der Waals surface area contributed by atoms with E-state index in [-0.39, 0.29) is 75.7 Å². The number of carbonyl (C=O) groups excluding carboxylic acids is 7. The van der Waals surface area contributed by atoms with Crippen molar-refractivity contribution in [2.24, 2.45) is 29.4 Å². The number of amides is 4. The molecule has 80 heavy (non-hydrogen) atoms. The van der Waals surface area contributed by atoms with E-state index in [2.05, 4.69) is 72.5 Å². The minimum absolute atomic E-state index is 0.0208. The predicted octanol–water partition coefficient (Wildman–Crippen LogP) is 7.08. The Morgan fingerprint density at radius 1 is 0.713 bits per heavy atom. The van der Waals surface area contributed by atoms with Crippen molar-refractivity contribution in [3.63, 3.8) is 0 Å². The van der Waals surface area contributed by atoms with Crippen LogP contribution in [-0.4, -0.2) is 118 Å². The fourth-order valence-electron chi connectivity index (χ4n) is 9.86. The number of alkyl halides is 1. The molecular weight excluding hydrogens is 1140 g/mol. The van der Waals surface area contributed by atoms with Gasteiger partial charge in [-0.15, -0.1) is 24.5 Å². The van der Waals surface area contributed by atoms with Crippen molar-refractivity contribution in [2.45, 2.75) is 88.5 Å². The van der Waals surface area contributed by atoms with Gasteiger partial charge in [-0.05, 0) is 87.8 Å². The molecule has 424 valence electrons. The van der Waals surface area contributed by atoms with Crippen LogP contribution in [0.5, 0.6) is 23.0 Å². The van der Waals surface area contributed by atoms with Crippen molar-refractivity contribution in [1.29, 1.82) is 0 Å². The number of ketones is 1. The summed E-state index contributed by atoms with van der Waals surface area (Å²) < 4.78 is 33.3. The van der Waals surface area contributed by atoms with Gasteiger partial charge in [-0.25, -0.2) is 24.5 Å². The number of thiazole rings is 1. The second-order valence-electron chi connectivity index (χ2n) is 19.6. The van der Waals surface area contributed by atoms with E-state index >= 15 is 0 Å². The second-order valence-corrected chi connectivity index (χ2v) is 21.5. The summed E-state index contributed by atoms with van der Waals surface area (Å²) in [6.07, 6.45) is 7.60. The molecule has 0 bridgehead atoms. The van der Waals surface area contributed by atoms with Crippen molar-refractivity contribution in [3.05, 3.63) is 84.9 Å². The van der Waals surface area contributed by atoms with Crippen molar-refractivity contribution in [2.75, 3.05) is 39.1 Å². The van der Waals surface area contributed by atoms with Gasteiger partial charge in [0.05, 0.1) is 62.7 Å². The molecule has 3 heterocycles. The molecule has 5 aromatic rings. The van der Waals surface area contributed by atoms with Gasteiger partial charge in [-0.2, -0.15) is 0 Å². The number of anilines is 1. The number of hydrogen-bond acceptors (Lipinski definition) is 18. The summed E-state index contributed by atoms with van der Waals surface area (Å²) in [6.45, 7) is 10.3. The first-order valence-electron chi connectivity index (χ1n) is 25.5. The third-order valence-electron chi connectivity index (χ3n) is 14.2. The van der Waals surface area contributed by atoms with Crippen LogP contribution in [-0.2, 0) is 38.2 Å². The number of benzene rings is 2. The monoisotopic (exact) mass is 1200 g/mol. The number of rotatable bonds is 18. The van der Waals surface area contributed by atoms with E-state index in [4.69, 9.17) is 39.1 Å². The van der Waals surface area contributed by atoms with Crippen LogP contribution in [0.15, 0.2) is 79.2 Å². The number of aromatic nitrogens is 3. The van der Waals surface area contributed by atoms with Gasteiger partial charge in [-0.1, -0.05) is 28.1 Å². The zero-order chi connectivity index (χ0) is 58.1. The summed E-state index contributed by atoms with van der Waals surface area (Å²) in [5.74, 6) is -0.190. The fraction of sp³-hybridized carbons (Fsp3) is 0.411. The molecule has 2 unspecified atom stereocenters. The lowest BCUT2D eigenvalue weighted by molar-refractivity contribution is -0.147. The Morgan fingerprint density at radius 2 is 1.21 bits per heavy atom. The van der Waals surface area contributed by atoms with Gasteiger partial charge in [0.1, 0.15) is 45.5 Å². The van der Waals surface area contributed by atoms with E-state index in [1.807, 2.05) is 41.8 Å². The number of nitrogens with zero attached hydrogens (tertiary/aromatic N) is 3. The first-order chi connectivity index (χ1) is 38.2. The normalized spacial score (nSPS) is 23.0. The Bertz CT molecular complexity index is 3240. The number of ether oxygens (including phenoxy) is 6. The van der Waals surface area contributed by atoms with Crippen LogP contribution in [0.2, 0.25) is 0 Å². The number of methoxy groups -OCH3 is 4. The van der Waals surface area contributed by atoms with Gasteiger partial charge in [0.25, 0.3) is 0 Å². The van der Waals surface area contributed by atoms with Gasteiger partial charge in [0, 0.05) is 77.9 Å². The standard InChI is InChI=1S/C28H30N4O6S.C25H27BrN2O6.C3H6N2OS/c1-5-17-13-28(17,26(35)37-4)32-25(34)16-6-7-19(10-16)38-24-12-22(23-14-39-27(31-23)29-15(2)33)30-21-11-18(36-3)8-9-20(21)24;1-4-15-12-25(15,24(31)33-3)28-23(30)14-5-6-17(9-14)34-22-11-20(21(29)13-26)27-19-10-16(32-2)7-8-18(19)22;1-2(6)5-3(4)7/h5,8-9,11-12,14,16-17,19H,1,6-7,10,13H2,2-4H3,(H,32,34)(H,29,31,33);4,7-8,10-11,14-15,17H,1,5-6,9,12-13H2,2-3H3,(H,28,30);1H3,(H3,4,5,6,7)/t16-,17-,19?,28+;14-,15-,17?,25+;/m00./s1. The molecule has 9 rings (SSSR count). The van der Waals surface area contributed by atoms with E-state index in [1.54, 1.807) is 38.5 Å². The Hall–Kier alpha value is -7.57. The molecule has 0 spiro atoms. The molecular formula is C56H63BrN8O13S2. The van der Waals surface area contributed by atoms with Gasteiger partial charge >= 0.3 is 11.9 Å². The van der Waals surface area contributed by atoms with E-state index in [0.29, 0.717) is 108 Å². The highest BCUT2D eigenvalue weighted by atomic mass is 79.9. The van der Waals surface area contributed by atoms with E-state index in [1.165, 1.54) is 39.4 Å². The smallest absolute Gasteiger partial charge is 0.332 e. The van der Waals surface area contributed by atoms with Crippen LogP contribution < -0.4 is 45.9 Å². The highest BCUT2D eigenvalue weighted by molar-refractivity contribution is 9.09. The largest absolute Gasteiger partial charge is 0.497 e. The molecule has 3 aromatic heterocycles. The van der Waals surface area contributed by atoms with Crippen LogP contribution >= 0.6 is 39.5 Å². The van der Waals surface area contributed by atoms with E-state index in [9.17, 15) is 33.6 Å². The third-order valence-corrected chi connectivity index (χ3v) is 15.6. The SMILES string of the molecule is C=C[C@H]1C[C@]1(NC(=O)[C@H]1CCC(Oc2cc(-c3csc(NC(C)=O)n3)nc3cc(OC)ccc23)C1)C(=O)OC.C=C[C@H]1C[C@]1(NC(=O)[C@H]1CCC(Oc2cc(C(=O)CBr)nc3cc(OC)ccc23)C1)C(=O)OC.CC(=O)NC(N)=S. The number of hydrogen-bond donors (Lipinski definition) is 5. The zero-order valence-electron chi connectivity index (χ0n) is 45.0. The average molecular weight is 1200 g/mol. The Labute approximate surface area is 479 Å². The van der Waals surface area contributed by atoms with Gasteiger partial charge in [0.2, 0.25) is 23.6 Å². The lowest BCUT2D eigenvalue weighted by Crippen LogP contribution is -2.47. The highest BCUT2D eigenvalue weighted by Crippen LogP contribution is 2.47. The van der Waals surface area contributed by atoms with Crippen molar-refractivity contribution < 1.29 is 62.0 Å². The minimum atomic E-state index is -1.01. The van der Waals surface area contributed by atoms with Crippen LogP contribution in [0.25, 0.3) is 33.2 Å². The Kier molecular flexibility index (Phi) is 19.6. The molecule has 21 nitrogen and oxygen atoms in total. The molecule has 8 atom stereocenters. The lowest BCUT2D eigenvalue weighted by Gasteiger charge is -2.20. The average Bonchev–Trinajstić information content (AvgIpc) is 4.04. The molecule has 4 saturated carbocycles. The minimum Gasteiger partial charge on any atom is -0.497 e. The van der Waals surface area contributed by atoms with Crippen molar-refractivity contribution in [3.8, 4) is 34.4 Å². The number of Topliss-reactive ketones (excluding diaryl/α,β-unsaturated/α-hetero) is 1. The molecule has 0 saturated heterocycles. The van der Waals surface area contributed by atoms with E-state index in [0.717, 1.165) is 10.8 Å². The first-order valence-corrected chi connectivity index (χ1v) is 27.9. The zero-order valence-corrected chi connectivity index (χ0v) is 48.2. The number of esters is 2. The van der Waals surface area contributed by atoms with E-state index < -0.39 is 23.0 Å². The number of nitrogens with one attached hydrogen (secondary N) is 4. The van der Waals surface area contributed by atoms with Gasteiger partial charge in [-0.3, -0.25) is 24.0 Å². The van der Waals surface area contributed by atoms with Crippen LogP contribution in [0, 0.1) is 23.7 Å². The topological polar surface area (TPSA) is 288 Å². The maximum Gasteiger partial charge on any atom is 0.332 e. The number of fused-ring (bicyclic) bond motifs is 2. The number of thiocarbonyl (C=S) groups is 1. The summed E-state index contributed by atoms with van der Waals surface area (Å²) in [7, 11) is 5.80. The lowest BCUT2D eigenvalue weighted by atomic mass is 10.1. The fourth-order valence-corrected chi connectivity index (χ4v) is 11.0. The number of carbonyl (C=O) groups is 7. The number of nitrogens with two attached hydrogens (primary N) is 1. The predicted molar refractivity (Wildman–Crippen MR) is 307 cm³/mol. The third kappa shape index (κ3) is 14.1. The van der Waals surface area contributed by atoms with Gasteiger partial charge in [0.15, 0.2) is 16.0 Å². The number of pyridine rings is 2. The molecule has 4 fully saturated rings.